The van der Waals surface area contributed by atoms with E-state index in [2.05, 4.69) is 18.5 Å². The Hall–Kier alpha value is -0.960. The third kappa shape index (κ3) is 2.27. The van der Waals surface area contributed by atoms with E-state index in [9.17, 15) is 0 Å². The number of hydrogen-bond donors (Lipinski definition) is 1. The Bertz CT molecular complexity index is 273. The van der Waals surface area contributed by atoms with Gasteiger partial charge >= 0.3 is 0 Å². The van der Waals surface area contributed by atoms with Gasteiger partial charge in [-0.1, -0.05) is 6.08 Å². The average molecular weight is 180 g/mol. The van der Waals surface area contributed by atoms with Crippen LogP contribution in [0.25, 0.3) is 0 Å². The van der Waals surface area contributed by atoms with Gasteiger partial charge in [0, 0.05) is 16.3 Å². The van der Waals surface area contributed by atoms with Crippen LogP contribution in [0.3, 0.4) is 0 Å². The zero-order valence-corrected chi connectivity index (χ0v) is 7.84. The van der Waals surface area contributed by atoms with Crippen LogP contribution in [0.1, 0.15) is 6.92 Å². The van der Waals surface area contributed by atoms with E-state index in [0.717, 1.165) is 10.6 Å². The monoisotopic (exact) mass is 180 g/mol. The van der Waals surface area contributed by atoms with Crippen molar-refractivity contribution in [3.63, 3.8) is 0 Å². The number of nitrogens with two attached hydrogens (primary N) is 1. The van der Waals surface area contributed by atoms with E-state index >= 15 is 0 Å². The van der Waals surface area contributed by atoms with Crippen LogP contribution in [-0.4, -0.2) is 10.2 Å². The lowest BCUT2D eigenvalue weighted by molar-refractivity contribution is 1.22. The van der Waals surface area contributed by atoms with Gasteiger partial charge in [0.15, 0.2) is 0 Å². The molecule has 0 saturated heterocycles. The van der Waals surface area contributed by atoms with Crippen molar-refractivity contribution in [1.82, 2.24) is 4.98 Å². The van der Waals surface area contributed by atoms with Gasteiger partial charge in [-0.2, -0.15) is 0 Å². The maximum absolute atomic E-state index is 5.71. The molecule has 2 N–H and O–H groups in total. The first-order valence-electron chi connectivity index (χ1n) is 3.72. The highest BCUT2D eigenvalue weighted by atomic mass is 32.2. The van der Waals surface area contributed by atoms with Crippen LogP contribution in [-0.2, 0) is 0 Å². The zero-order chi connectivity index (χ0) is 8.97. The topological polar surface area (TPSA) is 38.9 Å². The van der Waals surface area contributed by atoms with Crippen molar-refractivity contribution in [3.05, 3.63) is 31.1 Å². The molecule has 12 heavy (non-hydrogen) atoms. The summed E-state index contributed by atoms with van der Waals surface area (Å²) in [5.74, 6) is 0. The minimum absolute atomic E-state index is 0.384. The van der Waals surface area contributed by atoms with Crippen molar-refractivity contribution < 1.29 is 0 Å². The van der Waals surface area contributed by atoms with Crippen molar-refractivity contribution in [3.8, 4) is 0 Å². The van der Waals surface area contributed by atoms with Crippen LogP contribution in [0.2, 0.25) is 0 Å². The second-order valence-corrected chi connectivity index (χ2v) is 3.89. The number of hydrogen-bond acceptors (Lipinski definition) is 3. The second-order valence-electron chi connectivity index (χ2n) is 2.47. The third-order valence-electron chi connectivity index (χ3n) is 1.45. The Kier molecular flexibility index (Phi) is 3.17. The highest BCUT2D eigenvalue weighted by molar-refractivity contribution is 8.00. The number of aromatic nitrogens is 1. The molecule has 0 aliphatic rings. The molecule has 1 atom stereocenters. The van der Waals surface area contributed by atoms with E-state index in [0.29, 0.717) is 5.25 Å². The van der Waals surface area contributed by atoms with E-state index in [-0.39, 0.29) is 0 Å². The van der Waals surface area contributed by atoms with Gasteiger partial charge in [-0.3, -0.25) is 4.98 Å². The minimum Gasteiger partial charge on any atom is -0.397 e. The molecule has 0 bridgehead atoms. The summed E-state index contributed by atoms with van der Waals surface area (Å²) in [6, 6.07) is 1.92. The first kappa shape index (κ1) is 9.13. The van der Waals surface area contributed by atoms with Gasteiger partial charge in [-0.05, 0) is 13.0 Å². The molecule has 3 heteroatoms. The minimum atomic E-state index is 0.384. The quantitative estimate of drug-likeness (QED) is 0.573. The van der Waals surface area contributed by atoms with E-state index in [1.165, 1.54) is 0 Å². The highest BCUT2D eigenvalue weighted by Crippen LogP contribution is 2.27. The van der Waals surface area contributed by atoms with E-state index in [1.54, 1.807) is 24.2 Å². The standard InChI is InChI=1S/C9H12N2S/c1-3-7(2)12-9-4-5-11-6-8(9)10/h3-7H,1,10H2,2H3. The van der Waals surface area contributed by atoms with Crippen molar-refractivity contribution in [1.29, 1.82) is 0 Å². The molecule has 0 aromatic carbocycles. The van der Waals surface area contributed by atoms with Crippen molar-refractivity contribution in [2.24, 2.45) is 0 Å². The molecule has 64 valence electrons. The fourth-order valence-electron chi connectivity index (χ4n) is 0.750. The van der Waals surface area contributed by atoms with Gasteiger partial charge in [0.2, 0.25) is 0 Å². The molecule has 0 saturated carbocycles. The van der Waals surface area contributed by atoms with Crippen LogP contribution < -0.4 is 5.73 Å². The predicted molar refractivity (Wildman–Crippen MR) is 54.2 cm³/mol. The van der Waals surface area contributed by atoms with Crippen LogP contribution >= 0.6 is 11.8 Å². The summed E-state index contributed by atoms with van der Waals surface area (Å²) in [5.41, 5.74) is 6.44. The summed E-state index contributed by atoms with van der Waals surface area (Å²) in [5, 5.41) is 0.384. The molecular weight excluding hydrogens is 168 g/mol. The molecule has 1 aromatic rings. The summed E-state index contributed by atoms with van der Waals surface area (Å²) in [7, 11) is 0. The Balaban J connectivity index is 2.75. The van der Waals surface area contributed by atoms with Gasteiger partial charge in [-0.15, -0.1) is 18.3 Å². The summed E-state index contributed by atoms with van der Waals surface area (Å²) < 4.78 is 0. The molecule has 0 amide bonds. The largest absolute Gasteiger partial charge is 0.397 e. The lowest BCUT2D eigenvalue weighted by Gasteiger charge is -2.06. The number of rotatable bonds is 3. The Labute approximate surface area is 76.9 Å². The summed E-state index contributed by atoms with van der Waals surface area (Å²) in [6.45, 7) is 5.79. The molecule has 0 fully saturated rings. The maximum Gasteiger partial charge on any atom is 0.0638 e. The number of nitrogen functional groups attached to an aromatic ring is 1. The van der Waals surface area contributed by atoms with Gasteiger partial charge in [0.05, 0.1) is 11.9 Å². The van der Waals surface area contributed by atoms with Crippen molar-refractivity contribution in [2.45, 2.75) is 17.1 Å². The average Bonchev–Trinajstić information content (AvgIpc) is 2.09. The van der Waals surface area contributed by atoms with E-state index in [1.807, 2.05) is 12.1 Å². The second kappa shape index (κ2) is 4.16. The molecule has 1 aromatic heterocycles. The summed E-state index contributed by atoms with van der Waals surface area (Å²) in [4.78, 5) is 4.98. The third-order valence-corrected chi connectivity index (χ3v) is 2.64. The smallest absolute Gasteiger partial charge is 0.0638 e. The Morgan fingerprint density at radius 3 is 3.08 bits per heavy atom. The lowest BCUT2D eigenvalue weighted by Crippen LogP contribution is -1.93. The van der Waals surface area contributed by atoms with Crippen LogP contribution in [0.15, 0.2) is 36.0 Å². The van der Waals surface area contributed by atoms with Gasteiger partial charge in [0.25, 0.3) is 0 Å². The number of thioether (sulfide) groups is 1. The normalized spacial score (nSPS) is 12.4. The van der Waals surface area contributed by atoms with Gasteiger partial charge in [0.1, 0.15) is 0 Å². The molecular formula is C9H12N2S. The number of pyridine rings is 1. The van der Waals surface area contributed by atoms with Crippen LogP contribution in [0.4, 0.5) is 5.69 Å². The fourth-order valence-corrected chi connectivity index (χ4v) is 1.57. The first-order chi connectivity index (χ1) is 5.74. The number of nitrogens with zero attached hydrogens (tertiary/aromatic N) is 1. The molecule has 1 unspecified atom stereocenters. The molecule has 1 rings (SSSR count). The van der Waals surface area contributed by atoms with E-state index in [4.69, 9.17) is 5.73 Å². The molecule has 0 spiro atoms. The number of anilines is 1. The van der Waals surface area contributed by atoms with Gasteiger partial charge < -0.3 is 5.73 Å². The Morgan fingerprint density at radius 2 is 2.50 bits per heavy atom. The van der Waals surface area contributed by atoms with Crippen molar-refractivity contribution >= 4 is 17.4 Å². The fraction of sp³-hybridized carbons (Fsp3) is 0.222. The molecule has 2 nitrogen and oxygen atoms in total. The molecule has 1 heterocycles. The molecule has 0 aliphatic carbocycles. The Morgan fingerprint density at radius 1 is 1.75 bits per heavy atom. The molecule has 0 radical (unpaired) electrons. The van der Waals surface area contributed by atoms with Crippen LogP contribution in [0, 0.1) is 0 Å². The first-order valence-corrected chi connectivity index (χ1v) is 4.60. The zero-order valence-electron chi connectivity index (χ0n) is 7.03. The van der Waals surface area contributed by atoms with Crippen molar-refractivity contribution in [2.75, 3.05) is 5.73 Å². The summed E-state index contributed by atoms with van der Waals surface area (Å²) in [6.07, 6.45) is 5.30. The summed E-state index contributed by atoms with van der Waals surface area (Å²) >= 11 is 1.69. The van der Waals surface area contributed by atoms with E-state index < -0.39 is 0 Å². The van der Waals surface area contributed by atoms with Gasteiger partial charge in [-0.25, -0.2) is 0 Å². The predicted octanol–water partition coefficient (Wildman–Crippen LogP) is 2.33. The molecule has 0 aliphatic heterocycles. The highest BCUT2D eigenvalue weighted by Gasteiger charge is 2.02. The SMILES string of the molecule is C=CC(C)Sc1ccncc1N. The lowest BCUT2D eigenvalue weighted by atomic mass is 10.4. The van der Waals surface area contributed by atoms with Crippen LogP contribution in [0.5, 0.6) is 0 Å². The maximum atomic E-state index is 5.71.